The molecule has 1 amide bonds. The van der Waals surface area contributed by atoms with Gasteiger partial charge in [0, 0.05) is 35.7 Å². The van der Waals surface area contributed by atoms with Crippen LogP contribution in [-0.2, 0) is 11.2 Å². The number of hydrogen-bond donors (Lipinski definition) is 0. The molecule has 4 rings (SSSR count). The fourth-order valence-corrected chi connectivity index (χ4v) is 5.10. The van der Waals surface area contributed by atoms with Crippen LogP contribution in [-0.4, -0.2) is 48.4 Å². The summed E-state index contributed by atoms with van der Waals surface area (Å²) in [5, 5.41) is 9.64. The first-order valence-corrected chi connectivity index (χ1v) is 12.0. The molecule has 0 bridgehead atoms. The van der Waals surface area contributed by atoms with Gasteiger partial charge >= 0.3 is 0 Å². The highest BCUT2D eigenvalue weighted by atomic mass is 32.2. The van der Waals surface area contributed by atoms with Crippen LogP contribution in [0.25, 0.3) is 17.1 Å². The minimum atomic E-state index is 0.172. The van der Waals surface area contributed by atoms with Crippen LogP contribution >= 0.6 is 11.8 Å². The molecule has 0 saturated carbocycles. The molecule has 3 heterocycles. The number of benzene rings is 1. The number of amides is 1. The van der Waals surface area contributed by atoms with Gasteiger partial charge in [-0.3, -0.25) is 14.3 Å². The van der Waals surface area contributed by atoms with Crippen LogP contribution in [0.2, 0.25) is 0 Å². The SMILES string of the molecule is CCc1ccc(-n2c(SCC(=O)N3[C@@H](C)CCC[C@@H]3C)nnc2-c2ccncc2)cc1. The molecule has 7 heteroatoms. The summed E-state index contributed by atoms with van der Waals surface area (Å²) < 4.78 is 2.04. The van der Waals surface area contributed by atoms with Crippen LogP contribution < -0.4 is 0 Å². The fourth-order valence-electron chi connectivity index (χ4n) is 4.28. The average molecular weight is 436 g/mol. The lowest BCUT2D eigenvalue weighted by molar-refractivity contribution is -0.134. The van der Waals surface area contributed by atoms with Crippen molar-refractivity contribution in [1.82, 2.24) is 24.6 Å². The Morgan fingerprint density at radius 2 is 1.71 bits per heavy atom. The Kier molecular flexibility index (Phi) is 6.70. The van der Waals surface area contributed by atoms with Crippen LogP contribution in [0.1, 0.15) is 45.6 Å². The van der Waals surface area contributed by atoms with Crippen LogP contribution in [0, 0.1) is 0 Å². The van der Waals surface area contributed by atoms with Gasteiger partial charge in [-0.05, 0) is 69.4 Å². The van der Waals surface area contributed by atoms with Crippen molar-refractivity contribution in [2.45, 2.75) is 63.7 Å². The molecule has 3 aromatic rings. The molecule has 2 aromatic heterocycles. The van der Waals surface area contributed by atoms with Gasteiger partial charge in [0.05, 0.1) is 5.75 Å². The number of aromatic nitrogens is 4. The molecule has 0 N–H and O–H groups in total. The van der Waals surface area contributed by atoms with Crippen LogP contribution in [0.5, 0.6) is 0 Å². The molecular formula is C24H29N5OS. The Bertz CT molecular complexity index is 1010. The van der Waals surface area contributed by atoms with Gasteiger partial charge in [-0.1, -0.05) is 30.8 Å². The number of thioether (sulfide) groups is 1. The molecule has 0 spiro atoms. The standard InChI is InChI=1S/C24H29N5OS/c1-4-19-8-10-21(11-9-19)29-23(20-12-14-25-15-13-20)26-27-24(29)31-16-22(30)28-17(2)6-5-7-18(28)3/h8-15,17-18H,4-7,16H2,1-3H3/t17-,18-/m0/s1. The first-order valence-electron chi connectivity index (χ1n) is 11.0. The zero-order chi connectivity index (χ0) is 21.8. The minimum absolute atomic E-state index is 0.172. The lowest BCUT2D eigenvalue weighted by atomic mass is 9.98. The molecule has 162 valence electrons. The number of aryl methyl sites for hydroxylation is 1. The zero-order valence-electron chi connectivity index (χ0n) is 18.4. The topological polar surface area (TPSA) is 63.9 Å². The number of pyridine rings is 1. The van der Waals surface area contributed by atoms with E-state index in [-0.39, 0.29) is 5.91 Å². The smallest absolute Gasteiger partial charge is 0.233 e. The Labute approximate surface area is 188 Å². The van der Waals surface area contributed by atoms with Crippen LogP contribution in [0.3, 0.4) is 0 Å². The molecule has 31 heavy (non-hydrogen) atoms. The predicted octanol–water partition coefficient (Wildman–Crippen LogP) is 4.77. The fraction of sp³-hybridized carbons (Fsp3) is 0.417. The van der Waals surface area contributed by atoms with Gasteiger partial charge in [0.15, 0.2) is 11.0 Å². The average Bonchev–Trinajstić information content (AvgIpc) is 3.22. The number of carbonyl (C=O) groups is 1. The van der Waals surface area contributed by atoms with E-state index in [1.807, 2.05) is 16.7 Å². The predicted molar refractivity (Wildman–Crippen MR) is 124 cm³/mol. The van der Waals surface area contributed by atoms with Crippen molar-refractivity contribution in [2.24, 2.45) is 0 Å². The molecule has 1 aliphatic heterocycles. The maximum atomic E-state index is 13.0. The second-order valence-electron chi connectivity index (χ2n) is 8.12. The van der Waals surface area contributed by atoms with E-state index >= 15 is 0 Å². The second kappa shape index (κ2) is 9.64. The Morgan fingerprint density at radius 1 is 1.03 bits per heavy atom. The van der Waals surface area contributed by atoms with E-state index in [1.165, 1.54) is 23.7 Å². The molecule has 2 atom stereocenters. The lowest BCUT2D eigenvalue weighted by Crippen LogP contribution is -2.48. The van der Waals surface area contributed by atoms with Gasteiger partial charge in [0.2, 0.25) is 5.91 Å². The van der Waals surface area contributed by atoms with Crippen molar-refractivity contribution in [3.05, 3.63) is 54.4 Å². The Hall–Kier alpha value is -2.67. The molecule has 0 unspecified atom stereocenters. The maximum Gasteiger partial charge on any atom is 0.233 e. The molecule has 1 aliphatic rings. The van der Waals surface area contributed by atoms with Gasteiger partial charge in [0.1, 0.15) is 0 Å². The van der Waals surface area contributed by atoms with E-state index in [2.05, 4.69) is 65.1 Å². The van der Waals surface area contributed by atoms with E-state index in [0.717, 1.165) is 41.5 Å². The van der Waals surface area contributed by atoms with Gasteiger partial charge in [0.25, 0.3) is 0 Å². The van der Waals surface area contributed by atoms with Crippen LogP contribution in [0.4, 0.5) is 0 Å². The summed E-state index contributed by atoms with van der Waals surface area (Å²) >= 11 is 1.46. The highest BCUT2D eigenvalue weighted by molar-refractivity contribution is 7.99. The molecule has 1 fully saturated rings. The van der Waals surface area contributed by atoms with Crippen molar-refractivity contribution in [2.75, 3.05) is 5.75 Å². The molecule has 0 aliphatic carbocycles. The van der Waals surface area contributed by atoms with Crippen molar-refractivity contribution < 1.29 is 4.79 Å². The van der Waals surface area contributed by atoms with E-state index in [4.69, 9.17) is 0 Å². The number of carbonyl (C=O) groups excluding carboxylic acids is 1. The third kappa shape index (κ3) is 4.66. The van der Waals surface area contributed by atoms with Gasteiger partial charge in [-0.2, -0.15) is 0 Å². The van der Waals surface area contributed by atoms with E-state index in [1.54, 1.807) is 12.4 Å². The normalized spacial score (nSPS) is 18.9. The number of nitrogens with zero attached hydrogens (tertiary/aromatic N) is 5. The second-order valence-corrected chi connectivity index (χ2v) is 9.06. The summed E-state index contributed by atoms with van der Waals surface area (Å²) in [4.78, 5) is 19.2. The van der Waals surface area contributed by atoms with Crippen molar-refractivity contribution >= 4 is 17.7 Å². The summed E-state index contributed by atoms with van der Waals surface area (Å²) in [7, 11) is 0. The highest BCUT2D eigenvalue weighted by Crippen LogP contribution is 2.29. The molecule has 1 aromatic carbocycles. The quantitative estimate of drug-likeness (QED) is 0.522. The zero-order valence-corrected chi connectivity index (χ0v) is 19.2. The molecule has 0 radical (unpaired) electrons. The summed E-state index contributed by atoms with van der Waals surface area (Å²) in [6, 6.07) is 12.9. The first kappa shape index (κ1) is 21.6. The molecular weight excluding hydrogens is 406 g/mol. The number of rotatable bonds is 6. The lowest BCUT2D eigenvalue weighted by Gasteiger charge is -2.39. The van der Waals surface area contributed by atoms with Crippen molar-refractivity contribution in [3.63, 3.8) is 0 Å². The Morgan fingerprint density at radius 3 is 2.35 bits per heavy atom. The Balaban J connectivity index is 1.63. The molecule has 1 saturated heterocycles. The van der Waals surface area contributed by atoms with E-state index in [0.29, 0.717) is 17.8 Å². The van der Waals surface area contributed by atoms with Crippen molar-refractivity contribution in [1.29, 1.82) is 0 Å². The third-order valence-corrected chi connectivity index (χ3v) is 6.89. The van der Waals surface area contributed by atoms with E-state index in [9.17, 15) is 4.79 Å². The van der Waals surface area contributed by atoms with E-state index < -0.39 is 0 Å². The van der Waals surface area contributed by atoms with Gasteiger partial charge < -0.3 is 4.90 Å². The largest absolute Gasteiger partial charge is 0.337 e. The molecule has 6 nitrogen and oxygen atoms in total. The van der Waals surface area contributed by atoms with Gasteiger partial charge in [-0.15, -0.1) is 10.2 Å². The third-order valence-electron chi connectivity index (χ3n) is 5.98. The summed E-state index contributed by atoms with van der Waals surface area (Å²) in [5.74, 6) is 1.28. The summed E-state index contributed by atoms with van der Waals surface area (Å²) in [6.07, 6.45) is 7.84. The van der Waals surface area contributed by atoms with Gasteiger partial charge in [-0.25, -0.2) is 0 Å². The maximum absolute atomic E-state index is 13.0. The van der Waals surface area contributed by atoms with Crippen LogP contribution in [0.15, 0.2) is 53.9 Å². The monoisotopic (exact) mass is 435 g/mol. The highest BCUT2D eigenvalue weighted by Gasteiger charge is 2.29. The summed E-state index contributed by atoms with van der Waals surface area (Å²) in [6.45, 7) is 6.45. The summed E-state index contributed by atoms with van der Waals surface area (Å²) in [5.41, 5.74) is 3.21. The number of piperidine rings is 1. The van der Waals surface area contributed by atoms with Crippen molar-refractivity contribution in [3.8, 4) is 17.1 Å². The minimum Gasteiger partial charge on any atom is -0.337 e. The number of hydrogen-bond acceptors (Lipinski definition) is 5. The number of likely N-dealkylation sites (tertiary alicyclic amines) is 1. The first-order chi connectivity index (χ1) is 15.1.